The molecule has 0 unspecified atom stereocenters. The third-order valence-corrected chi connectivity index (χ3v) is 9.09. The maximum absolute atomic E-state index is 6.04. The SMILES string of the molecule is CCCN1CCN(c2cc(OC)c(N3CCC(OC)CC3)cc2C2CCC(C(C)(C)C)CC2)CC1. The van der Waals surface area contributed by atoms with Gasteiger partial charge in [0, 0.05) is 58.1 Å². The molecule has 0 N–H and O–H groups in total. The Hall–Kier alpha value is -1.46. The third-order valence-electron chi connectivity index (χ3n) is 9.09. The van der Waals surface area contributed by atoms with Crippen molar-refractivity contribution in [1.82, 2.24) is 4.90 Å². The van der Waals surface area contributed by atoms with Gasteiger partial charge in [-0.25, -0.2) is 0 Å². The minimum atomic E-state index is 0.392. The smallest absolute Gasteiger partial charge is 0.144 e. The molecule has 0 radical (unpaired) electrons. The lowest BCUT2D eigenvalue weighted by Crippen LogP contribution is -2.47. The molecule has 1 aromatic carbocycles. The molecule has 35 heavy (non-hydrogen) atoms. The van der Waals surface area contributed by atoms with Crippen molar-refractivity contribution < 1.29 is 9.47 Å². The zero-order valence-electron chi connectivity index (χ0n) is 23.4. The summed E-state index contributed by atoms with van der Waals surface area (Å²) in [5.74, 6) is 2.53. The van der Waals surface area contributed by atoms with Gasteiger partial charge >= 0.3 is 0 Å². The van der Waals surface area contributed by atoms with Crippen LogP contribution in [0, 0.1) is 11.3 Å². The summed E-state index contributed by atoms with van der Waals surface area (Å²) in [5.41, 5.74) is 4.72. The first-order valence-electron chi connectivity index (χ1n) is 14.3. The predicted octanol–water partition coefficient (Wildman–Crippen LogP) is 6.16. The molecule has 0 aromatic heterocycles. The van der Waals surface area contributed by atoms with Crippen LogP contribution < -0.4 is 14.5 Å². The van der Waals surface area contributed by atoms with Gasteiger partial charge in [-0.15, -0.1) is 0 Å². The molecule has 0 amide bonds. The fourth-order valence-corrected chi connectivity index (χ4v) is 6.72. The van der Waals surface area contributed by atoms with E-state index in [1.165, 1.54) is 63.1 Å². The highest BCUT2D eigenvalue weighted by Gasteiger charge is 2.33. The Bertz CT molecular complexity index is 797. The van der Waals surface area contributed by atoms with E-state index >= 15 is 0 Å². The normalized spacial score (nSPS) is 25.2. The molecule has 5 heteroatoms. The number of benzene rings is 1. The number of nitrogens with zero attached hydrogens (tertiary/aromatic N) is 3. The molecular weight excluding hydrogens is 434 g/mol. The molecule has 3 fully saturated rings. The molecule has 198 valence electrons. The lowest BCUT2D eigenvalue weighted by molar-refractivity contribution is 0.0818. The summed E-state index contributed by atoms with van der Waals surface area (Å²) in [6.07, 6.45) is 9.12. The number of rotatable bonds is 7. The summed E-state index contributed by atoms with van der Waals surface area (Å²) < 4.78 is 11.7. The van der Waals surface area contributed by atoms with Crippen LogP contribution in [0.3, 0.4) is 0 Å². The molecule has 5 nitrogen and oxygen atoms in total. The fourth-order valence-electron chi connectivity index (χ4n) is 6.72. The fraction of sp³-hybridized carbons (Fsp3) is 0.800. The average molecular weight is 486 g/mol. The first-order valence-corrected chi connectivity index (χ1v) is 14.3. The Morgan fingerprint density at radius 2 is 1.43 bits per heavy atom. The van der Waals surface area contributed by atoms with Crippen molar-refractivity contribution in [3.63, 3.8) is 0 Å². The second kappa shape index (κ2) is 11.7. The second-order valence-electron chi connectivity index (χ2n) is 12.2. The number of piperidine rings is 1. The molecule has 0 atom stereocenters. The van der Waals surface area contributed by atoms with Gasteiger partial charge in [0.1, 0.15) is 5.75 Å². The average Bonchev–Trinajstić information content (AvgIpc) is 2.88. The molecule has 1 saturated carbocycles. The predicted molar refractivity (Wildman–Crippen MR) is 148 cm³/mol. The molecular formula is C30H51N3O2. The van der Waals surface area contributed by atoms with Gasteiger partial charge in [-0.2, -0.15) is 0 Å². The zero-order valence-corrected chi connectivity index (χ0v) is 23.4. The third kappa shape index (κ3) is 6.28. The Morgan fingerprint density at radius 3 is 1.97 bits per heavy atom. The summed E-state index contributed by atoms with van der Waals surface area (Å²) in [5, 5.41) is 0. The van der Waals surface area contributed by atoms with E-state index in [1.807, 2.05) is 14.2 Å². The Balaban J connectivity index is 1.62. The van der Waals surface area contributed by atoms with E-state index in [0.717, 1.165) is 50.7 Å². The summed E-state index contributed by atoms with van der Waals surface area (Å²) >= 11 is 0. The van der Waals surface area contributed by atoms with E-state index in [-0.39, 0.29) is 0 Å². The van der Waals surface area contributed by atoms with Crippen LogP contribution in [0.5, 0.6) is 5.75 Å². The van der Waals surface area contributed by atoms with Crippen molar-refractivity contribution in [3.8, 4) is 5.75 Å². The van der Waals surface area contributed by atoms with Crippen LogP contribution in [-0.4, -0.2) is 71.0 Å². The van der Waals surface area contributed by atoms with E-state index in [1.54, 1.807) is 5.56 Å². The molecule has 3 aliphatic rings. The van der Waals surface area contributed by atoms with E-state index in [2.05, 4.69) is 54.5 Å². The minimum Gasteiger partial charge on any atom is -0.495 e. The van der Waals surface area contributed by atoms with E-state index in [4.69, 9.17) is 9.47 Å². The number of ether oxygens (including phenoxy) is 2. The molecule has 0 spiro atoms. The van der Waals surface area contributed by atoms with Gasteiger partial charge in [0.2, 0.25) is 0 Å². The van der Waals surface area contributed by atoms with Crippen molar-refractivity contribution >= 4 is 11.4 Å². The first kappa shape index (κ1) is 26.6. The van der Waals surface area contributed by atoms with Gasteiger partial charge in [-0.3, -0.25) is 4.90 Å². The van der Waals surface area contributed by atoms with Crippen molar-refractivity contribution in [2.45, 2.75) is 84.7 Å². The number of methoxy groups -OCH3 is 2. The van der Waals surface area contributed by atoms with E-state index in [9.17, 15) is 0 Å². The Kier molecular flexibility index (Phi) is 8.91. The molecule has 1 aliphatic carbocycles. The highest BCUT2D eigenvalue weighted by Crippen LogP contribution is 2.48. The topological polar surface area (TPSA) is 28.2 Å². The zero-order chi connectivity index (χ0) is 25.0. The summed E-state index contributed by atoms with van der Waals surface area (Å²) in [4.78, 5) is 7.82. The lowest BCUT2D eigenvalue weighted by atomic mass is 9.68. The van der Waals surface area contributed by atoms with Gasteiger partial charge < -0.3 is 19.3 Å². The summed E-state index contributed by atoms with van der Waals surface area (Å²) in [6.45, 7) is 17.4. The quantitative estimate of drug-likeness (QED) is 0.461. The van der Waals surface area contributed by atoms with Gasteiger partial charge in [0.15, 0.2) is 0 Å². The minimum absolute atomic E-state index is 0.392. The van der Waals surface area contributed by atoms with Gasteiger partial charge in [0.05, 0.1) is 18.9 Å². The second-order valence-corrected chi connectivity index (χ2v) is 12.2. The van der Waals surface area contributed by atoms with Crippen molar-refractivity contribution in [2.24, 2.45) is 11.3 Å². The number of piperazine rings is 1. The van der Waals surface area contributed by atoms with Crippen molar-refractivity contribution in [1.29, 1.82) is 0 Å². The molecule has 2 heterocycles. The first-order chi connectivity index (χ1) is 16.8. The van der Waals surface area contributed by atoms with Crippen LogP contribution in [0.15, 0.2) is 12.1 Å². The largest absolute Gasteiger partial charge is 0.495 e. The highest BCUT2D eigenvalue weighted by molar-refractivity contribution is 5.71. The van der Waals surface area contributed by atoms with Crippen molar-refractivity contribution in [3.05, 3.63) is 17.7 Å². The Labute approximate surface area is 215 Å². The van der Waals surface area contributed by atoms with Crippen LogP contribution in [0.2, 0.25) is 0 Å². The van der Waals surface area contributed by atoms with Gasteiger partial charge in [-0.1, -0.05) is 27.7 Å². The number of hydrogen-bond donors (Lipinski definition) is 0. The summed E-state index contributed by atoms with van der Waals surface area (Å²) in [6, 6.07) is 4.92. The molecule has 2 saturated heterocycles. The number of hydrogen-bond acceptors (Lipinski definition) is 5. The molecule has 2 aliphatic heterocycles. The highest BCUT2D eigenvalue weighted by atomic mass is 16.5. The lowest BCUT2D eigenvalue weighted by Gasteiger charge is -2.41. The summed E-state index contributed by atoms with van der Waals surface area (Å²) in [7, 11) is 3.69. The maximum atomic E-state index is 6.04. The molecule has 0 bridgehead atoms. The van der Waals surface area contributed by atoms with Gasteiger partial charge in [-0.05, 0) is 80.4 Å². The maximum Gasteiger partial charge on any atom is 0.144 e. The molecule has 4 rings (SSSR count). The van der Waals surface area contributed by atoms with E-state index in [0.29, 0.717) is 17.4 Å². The monoisotopic (exact) mass is 485 g/mol. The Morgan fingerprint density at radius 1 is 0.800 bits per heavy atom. The van der Waals surface area contributed by atoms with Crippen molar-refractivity contribution in [2.75, 3.05) is 69.8 Å². The van der Waals surface area contributed by atoms with Crippen LogP contribution in [0.1, 0.15) is 84.1 Å². The van der Waals surface area contributed by atoms with Crippen LogP contribution in [0.25, 0.3) is 0 Å². The van der Waals surface area contributed by atoms with Crippen LogP contribution in [-0.2, 0) is 4.74 Å². The van der Waals surface area contributed by atoms with Crippen LogP contribution in [0.4, 0.5) is 11.4 Å². The van der Waals surface area contributed by atoms with Crippen LogP contribution >= 0.6 is 0 Å². The van der Waals surface area contributed by atoms with E-state index < -0.39 is 0 Å². The molecule has 1 aromatic rings. The standard InChI is InChI=1S/C30H51N3O2/c1-7-14-31-17-19-33(20-18-31)27-22-29(35-6)28(32-15-12-25(34-5)13-16-32)21-26(27)23-8-10-24(11-9-23)30(2,3)4/h21-25H,7-20H2,1-6H3. The number of anilines is 2. The van der Waals surface area contributed by atoms with Gasteiger partial charge in [0.25, 0.3) is 0 Å².